The highest BCUT2D eigenvalue weighted by molar-refractivity contribution is 6.56. The molecule has 0 radical (unpaired) electrons. The number of nitrogens with zero attached hydrogens (tertiary/aromatic N) is 2. The molecule has 49 heavy (non-hydrogen) atoms. The van der Waals surface area contributed by atoms with E-state index >= 15 is 0 Å². The van der Waals surface area contributed by atoms with Crippen molar-refractivity contribution in [2.45, 2.75) is 34.6 Å². The summed E-state index contributed by atoms with van der Waals surface area (Å²) in [5.74, 6) is 4.76. The van der Waals surface area contributed by atoms with Gasteiger partial charge in [-0.2, -0.15) is 5.10 Å². The fraction of sp³-hybridized carbons (Fsp3) is 0.205. The lowest BCUT2D eigenvalue weighted by molar-refractivity contribution is 0.362. The summed E-state index contributed by atoms with van der Waals surface area (Å²) in [6.07, 6.45) is 3.18. The SMILES string of the molecule is Cc1ccc(OCC=C(Cl)Cl)cc1.Cc1ccc(Oc2c(C)c(C)nn2C)cc1.Cc1ccc(Oc2ccc(OCC=C(Cl)Cl)cc2)cc1. The number of halogens is 4. The van der Waals surface area contributed by atoms with Crippen molar-refractivity contribution in [2.24, 2.45) is 7.05 Å². The molecule has 0 aliphatic heterocycles. The minimum atomic E-state index is 0.198. The number of rotatable bonds is 10. The third kappa shape index (κ3) is 14.9. The van der Waals surface area contributed by atoms with Crippen molar-refractivity contribution in [3.05, 3.63) is 146 Å². The molecular formula is C39H40Cl4N2O4. The molecule has 1 heterocycles. The summed E-state index contributed by atoms with van der Waals surface area (Å²) in [5, 5.41) is 4.32. The van der Waals surface area contributed by atoms with E-state index in [4.69, 9.17) is 65.4 Å². The summed E-state index contributed by atoms with van der Waals surface area (Å²) in [7, 11) is 1.89. The molecule has 0 atom stereocenters. The van der Waals surface area contributed by atoms with Crippen molar-refractivity contribution in [3.63, 3.8) is 0 Å². The Morgan fingerprint density at radius 1 is 0.531 bits per heavy atom. The number of hydrogen-bond acceptors (Lipinski definition) is 5. The van der Waals surface area contributed by atoms with Gasteiger partial charge in [-0.3, -0.25) is 0 Å². The fourth-order valence-electron chi connectivity index (χ4n) is 3.99. The number of ether oxygens (including phenoxy) is 4. The topological polar surface area (TPSA) is 54.7 Å². The molecule has 5 rings (SSSR count). The summed E-state index contributed by atoms with van der Waals surface area (Å²) in [6, 6.07) is 31.1. The zero-order chi connectivity index (χ0) is 35.8. The van der Waals surface area contributed by atoms with Gasteiger partial charge >= 0.3 is 0 Å². The molecular weight excluding hydrogens is 702 g/mol. The average Bonchev–Trinajstić information content (AvgIpc) is 3.31. The first kappa shape index (κ1) is 39.4. The van der Waals surface area contributed by atoms with Gasteiger partial charge in [0.1, 0.15) is 50.9 Å². The maximum absolute atomic E-state index is 5.82. The Bertz CT molecular complexity index is 1780. The Morgan fingerprint density at radius 2 is 0.857 bits per heavy atom. The summed E-state index contributed by atoms with van der Waals surface area (Å²) in [4.78, 5) is 0. The van der Waals surface area contributed by atoms with Crippen molar-refractivity contribution in [3.8, 4) is 34.6 Å². The second kappa shape index (κ2) is 20.4. The predicted octanol–water partition coefficient (Wildman–Crippen LogP) is 12.3. The van der Waals surface area contributed by atoms with E-state index in [2.05, 4.69) is 12.0 Å². The van der Waals surface area contributed by atoms with Crippen LogP contribution in [-0.2, 0) is 7.05 Å². The van der Waals surface area contributed by atoms with Gasteiger partial charge in [-0.25, -0.2) is 4.68 Å². The second-order valence-electron chi connectivity index (χ2n) is 10.9. The molecule has 0 saturated carbocycles. The quantitative estimate of drug-likeness (QED) is 0.143. The number of aromatic nitrogens is 2. The van der Waals surface area contributed by atoms with E-state index in [0.29, 0.717) is 13.2 Å². The molecule has 0 bridgehead atoms. The average molecular weight is 743 g/mol. The Hall–Kier alpha value is -4.07. The lowest BCUT2D eigenvalue weighted by Gasteiger charge is -2.07. The van der Waals surface area contributed by atoms with Gasteiger partial charge in [-0.1, -0.05) is 99.5 Å². The second-order valence-corrected chi connectivity index (χ2v) is 12.9. The zero-order valence-corrected chi connectivity index (χ0v) is 31.4. The van der Waals surface area contributed by atoms with E-state index in [9.17, 15) is 0 Å². The van der Waals surface area contributed by atoms with Crippen molar-refractivity contribution in [1.82, 2.24) is 9.78 Å². The molecule has 5 aromatic rings. The van der Waals surface area contributed by atoms with Crippen LogP contribution in [0.1, 0.15) is 27.9 Å². The highest BCUT2D eigenvalue weighted by atomic mass is 35.5. The van der Waals surface area contributed by atoms with E-state index in [1.165, 1.54) is 16.7 Å². The monoisotopic (exact) mass is 740 g/mol. The van der Waals surface area contributed by atoms with Gasteiger partial charge in [-0.05, 0) is 107 Å². The maximum Gasteiger partial charge on any atom is 0.220 e. The zero-order valence-electron chi connectivity index (χ0n) is 28.3. The number of hydrogen-bond donors (Lipinski definition) is 0. The Morgan fingerprint density at radius 3 is 1.20 bits per heavy atom. The Kier molecular flexibility index (Phi) is 16.4. The molecule has 6 nitrogen and oxygen atoms in total. The minimum Gasteiger partial charge on any atom is -0.489 e. The molecule has 0 saturated heterocycles. The standard InChI is InChI=1S/C16H14Cl2O2.C13H16N2O.C10H10Cl2O/c1-12-2-4-14(5-3-12)20-15-8-6-13(7-9-15)19-11-10-16(17)18;1-9-5-7-12(8-6-9)16-13-10(2)11(3)14-15(13)4;1-8-2-4-9(5-3-8)13-7-6-10(11)12/h2-10H,11H2,1H3;5-8H,1-4H3;2-6H,7H2,1H3. The summed E-state index contributed by atoms with van der Waals surface area (Å²) >= 11 is 21.8. The third-order valence-corrected chi connectivity index (χ3v) is 7.39. The largest absolute Gasteiger partial charge is 0.489 e. The van der Waals surface area contributed by atoms with Gasteiger partial charge in [0.15, 0.2) is 0 Å². The van der Waals surface area contributed by atoms with Gasteiger partial charge in [0.05, 0.1) is 5.69 Å². The molecule has 0 amide bonds. The highest BCUT2D eigenvalue weighted by Crippen LogP contribution is 2.27. The Balaban J connectivity index is 0.000000204. The van der Waals surface area contributed by atoms with Crippen LogP contribution in [0.3, 0.4) is 0 Å². The van der Waals surface area contributed by atoms with Crippen molar-refractivity contribution < 1.29 is 18.9 Å². The molecule has 1 aromatic heterocycles. The van der Waals surface area contributed by atoms with Crippen LogP contribution in [0.2, 0.25) is 0 Å². The first-order valence-electron chi connectivity index (χ1n) is 15.3. The summed E-state index contributed by atoms with van der Waals surface area (Å²) in [6.45, 7) is 10.9. The first-order valence-corrected chi connectivity index (χ1v) is 16.8. The molecule has 258 valence electrons. The van der Waals surface area contributed by atoms with Crippen molar-refractivity contribution >= 4 is 46.4 Å². The van der Waals surface area contributed by atoms with Crippen molar-refractivity contribution in [1.29, 1.82) is 0 Å². The van der Waals surface area contributed by atoms with Crippen LogP contribution in [-0.4, -0.2) is 23.0 Å². The van der Waals surface area contributed by atoms with Crippen molar-refractivity contribution in [2.75, 3.05) is 13.2 Å². The normalized spacial score (nSPS) is 10.0. The number of benzene rings is 4. The number of aryl methyl sites for hydroxylation is 5. The van der Waals surface area contributed by atoms with Gasteiger partial charge in [0, 0.05) is 12.6 Å². The molecule has 4 aromatic carbocycles. The Labute approximate surface area is 309 Å². The smallest absolute Gasteiger partial charge is 0.220 e. The van der Waals surface area contributed by atoms with Crippen LogP contribution in [0.25, 0.3) is 0 Å². The van der Waals surface area contributed by atoms with E-state index in [-0.39, 0.29) is 8.98 Å². The molecule has 10 heteroatoms. The third-order valence-electron chi connectivity index (χ3n) is 6.77. The maximum atomic E-state index is 5.82. The first-order chi connectivity index (χ1) is 23.4. The molecule has 0 aliphatic carbocycles. The molecule has 0 N–H and O–H groups in total. The van der Waals surface area contributed by atoms with Crippen LogP contribution >= 0.6 is 46.4 Å². The minimum absolute atomic E-state index is 0.198. The van der Waals surface area contributed by atoms with Crippen LogP contribution in [0, 0.1) is 34.6 Å². The molecule has 0 fully saturated rings. The van der Waals surface area contributed by atoms with Crippen LogP contribution in [0.4, 0.5) is 0 Å². The van der Waals surface area contributed by atoms with E-state index in [1.807, 2.05) is 132 Å². The van der Waals surface area contributed by atoms with E-state index in [1.54, 1.807) is 16.8 Å². The fourth-order valence-corrected chi connectivity index (χ4v) is 4.24. The van der Waals surface area contributed by atoms with Gasteiger partial charge in [0.25, 0.3) is 0 Å². The van der Waals surface area contributed by atoms with Crippen LogP contribution < -0.4 is 18.9 Å². The lowest BCUT2D eigenvalue weighted by atomic mass is 10.2. The van der Waals surface area contributed by atoms with Gasteiger partial charge in [0.2, 0.25) is 5.88 Å². The van der Waals surface area contributed by atoms with Gasteiger partial charge < -0.3 is 18.9 Å². The predicted molar refractivity (Wildman–Crippen MR) is 203 cm³/mol. The molecule has 0 aliphatic rings. The molecule has 0 unspecified atom stereocenters. The van der Waals surface area contributed by atoms with Crippen LogP contribution in [0.15, 0.2) is 118 Å². The summed E-state index contributed by atoms with van der Waals surface area (Å²) in [5.41, 5.74) is 5.73. The van der Waals surface area contributed by atoms with E-state index < -0.39 is 0 Å². The van der Waals surface area contributed by atoms with E-state index in [0.717, 1.165) is 45.9 Å². The lowest BCUT2D eigenvalue weighted by Crippen LogP contribution is -1.95. The van der Waals surface area contributed by atoms with Crippen LogP contribution in [0.5, 0.6) is 34.6 Å². The summed E-state index contributed by atoms with van der Waals surface area (Å²) < 4.78 is 24.5. The highest BCUT2D eigenvalue weighted by Gasteiger charge is 2.10. The molecule has 0 spiro atoms. The van der Waals surface area contributed by atoms with Gasteiger partial charge in [-0.15, -0.1) is 0 Å².